The molecule has 2 saturated heterocycles. The van der Waals surface area contributed by atoms with Crippen LogP contribution in [0.3, 0.4) is 0 Å². The second kappa shape index (κ2) is 10.3. The van der Waals surface area contributed by atoms with Gasteiger partial charge in [-0.05, 0) is 32.5 Å². The molecule has 0 unspecified atom stereocenters. The van der Waals surface area contributed by atoms with Crippen LogP contribution in [0.25, 0.3) is 0 Å². The minimum atomic E-state index is -1.13. The number of carbonyl (C=O) groups is 3. The van der Waals surface area contributed by atoms with Gasteiger partial charge in [-0.25, -0.2) is 4.79 Å². The van der Waals surface area contributed by atoms with Crippen LogP contribution in [-0.4, -0.2) is 74.8 Å². The van der Waals surface area contributed by atoms with Gasteiger partial charge in [0, 0.05) is 28.3 Å². The van der Waals surface area contributed by atoms with Gasteiger partial charge in [0.2, 0.25) is 11.8 Å². The van der Waals surface area contributed by atoms with Crippen molar-refractivity contribution in [3.05, 3.63) is 40.9 Å². The van der Waals surface area contributed by atoms with Crippen LogP contribution in [0.4, 0.5) is 5.69 Å². The highest BCUT2D eigenvalue weighted by Gasteiger charge is 2.60. The van der Waals surface area contributed by atoms with Crippen LogP contribution in [0, 0.1) is 11.8 Å². The van der Waals surface area contributed by atoms with E-state index in [4.69, 9.17) is 0 Å². The fraction of sp³-hybridized carbons (Fsp3) is 0.542. The van der Waals surface area contributed by atoms with Gasteiger partial charge < -0.3 is 20.4 Å². The van der Waals surface area contributed by atoms with Gasteiger partial charge in [0.05, 0.1) is 24.1 Å². The van der Waals surface area contributed by atoms with Crippen LogP contribution in [0.15, 0.2) is 40.9 Å². The third kappa shape index (κ3) is 4.67. The second-order valence-electron chi connectivity index (χ2n) is 8.56. The molecule has 6 atom stereocenters. The summed E-state index contributed by atoms with van der Waals surface area (Å²) in [5, 5.41) is 22.7. The number of likely N-dealkylation sites (N-methyl/N-ethyl adjacent to an activating group) is 1. The Labute approximate surface area is 199 Å². The number of thioether (sulfide) groups is 1. The van der Waals surface area contributed by atoms with Crippen molar-refractivity contribution in [3.63, 3.8) is 0 Å². The highest BCUT2D eigenvalue weighted by molar-refractivity contribution is 8.03. The molecule has 4 rings (SSSR count). The third-order valence-electron chi connectivity index (χ3n) is 6.46. The molecule has 2 fully saturated rings. The number of β-lactam (4-membered cyclic amide) rings is 1. The Hall–Kier alpha value is -2.36. The number of nitrogens with one attached hydrogen (secondary N) is 1. The molecule has 33 heavy (non-hydrogen) atoms. The van der Waals surface area contributed by atoms with E-state index in [0.717, 1.165) is 5.69 Å². The molecule has 3 aliphatic rings. The molecule has 0 aromatic heterocycles. The van der Waals surface area contributed by atoms with E-state index in [9.17, 15) is 24.6 Å². The van der Waals surface area contributed by atoms with Crippen LogP contribution in [0.1, 0.15) is 34.1 Å². The minimum absolute atomic E-state index is 0.0297. The van der Waals surface area contributed by atoms with Crippen LogP contribution in [-0.2, 0) is 14.4 Å². The third-order valence-corrected chi connectivity index (χ3v) is 7.95. The molecule has 3 N–H and O–H groups in total. The lowest BCUT2D eigenvalue weighted by Gasteiger charge is -2.46. The number of hydrogen-bond donors (Lipinski definition) is 3. The maximum Gasteiger partial charge on any atom is 0.353 e. The molecule has 2 amide bonds. The van der Waals surface area contributed by atoms with E-state index in [0.29, 0.717) is 17.9 Å². The van der Waals surface area contributed by atoms with Crippen molar-refractivity contribution in [1.29, 1.82) is 0 Å². The molecule has 0 bridgehead atoms. The van der Waals surface area contributed by atoms with Gasteiger partial charge in [-0.2, -0.15) is 0 Å². The first-order valence-electron chi connectivity index (χ1n) is 11.4. The molecular weight excluding hydrogens is 442 g/mol. The molecule has 8 nitrogen and oxygen atoms in total. The van der Waals surface area contributed by atoms with E-state index in [1.807, 2.05) is 63.1 Å². The van der Waals surface area contributed by atoms with Crippen LogP contribution < -0.4 is 5.32 Å². The maximum atomic E-state index is 12.8. The van der Waals surface area contributed by atoms with E-state index < -0.39 is 18.0 Å². The van der Waals surface area contributed by atoms with Gasteiger partial charge in [0.15, 0.2) is 0 Å². The zero-order valence-corrected chi connectivity index (χ0v) is 20.5. The highest BCUT2D eigenvalue weighted by Crippen LogP contribution is 2.52. The quantitative estimate of drug-likeness (QED) is 0.543. The summed E-state index contributed by atoms with van der Waals surface area (Å²) in [4.78, 5) is 41.2. The number of nitrogens with zero attached hydrogens (tertiary/aromatic N) is 2. The Bertz CT molecular complexity index is 935. The van der Waals surface area contributed by atoms with Gasteiger partial charge in [-0.1, -0.05) is 39.0 Å². The Balaban J connectivity index is 0.00000149. The van der Waals surface area contributed by atoms with Crippen LogP contribution in [0.5, 0.6) is 0 Å². The average molecular weight is 476 g/mol. The second-order valence-corrected chi connectivity index (χ2v) is 9.90. The van der Waals surface area contributed by atoms with E-state index in [1.165, 1.54) is 16.7 Å². The lowest BCUT2D eigenvalue weighted by atomic mass is 9.79. The summed E-state index contributed by atoms with van der Waals surface area (Å²) in [5.41, 5.74) is 0.772. The molecule has 0 aliphatic carbocycles. The van der Waals surface area contributed by atoms with Crippen molar-refractivity contribution in [3.8, 4) is 0 Å². The first-order valence-corrected chi connectivity index (χ1v) is 12.3. The SMILES string of the molecule is CC.C[C@@H](O)[C@H]1C(=O)N2C(C(=O)O)=C(S[C@H]3C[C@@H](C(=O)Nc4ccccc4)N(C)C3)[C@H](C)[C@H]12. The lowest BCUT2D eigenvalue weighted by molar-refractivity contribution is -0.163. The van der Waals surface area contributed by atoms with Crippen molar-refractivity contribution >= 4 is 35.2 Å². The summed E-state index contributed by atoms with van der Waals surface area (Å²) in [5.74, 6) is -2.28. The summed E-state index contributed by atoms with van der Waals surface area (Å²) in [6.45, 7) is 8.12. The molecule has 0 spiro atoms. The molecule has 0 saturated carbocycles. The van der Waals surface area contributed by atoms with Gasteiger partial charge in [0.1, 0.15) is 5.70 Å². The molecule has 0 radical (unpaired) electrons. The monoisotopic (exact) mass is 475 g/mol. The van der Waals surface area contributed by atoms with E-state index >= 15 is 0 Å². The summed E-state index contributed by atoms with van der Waals surface area (Å²) in [6.07, 6.45) is -0.235. The summed E-state index contributed by atoms with van der Waals surface area (Å²) in [7, 11) is 1.89. The number of carboxylic acid groups (broad SMARTS) is 1. The van der Waals surface area contributed by atoms with Crippen molar-refractivity contribution in [2.45, 2.75) is 57.6 Å². The molecule has 1 aromatic carbocycles. The number of fused-ring (bicyclic) bond motifs is 1. The van der Waals surface area contributed by atoms with Gasteiger partial charge in [-0.3, -0.25) is 14.5 Å². The van der Waals surface area contributed by atoms with Crippen molar-refractivity contribution in [1.82, 2.24) is 9.80 Å². The molecule has 3 heterocycles. The van der Waals surface area contributed by atoms with Crippen LogP contribution in [0.2, 0.25) is 0 Å². The van der Waals surface area contributed by atoms with E-state index in [1.54, 1.807) is 6.92 Å². The first-order chi connectivity index (χ1) is 15.7. The zero-order chi connectivity index (χ0) is 24.4. The highest BCUT2D eigenvalue weighted by atomic mass is 32.2. The number of carbonyl (C=O) groups excluding carboxylic acids is 2. The summed E-state index contributed by atoms with van der Waals surface area (Å²) in [6, 6.07) is 8.64. The number of aliphatic hydroxyl groups is 1. The standard InChI is InChI=1S/C22H27N3O5S.C2H6/c1-11-17-16(12(2)26)21(28)25(17)18(22(29)30)19(11)31-14-9-15(24(3)10-14)20(27)23-13-7-5-4-6-8-13;1-2/h4-8,11-12,14-17,26H,9-10H2,1-3H3,(H,23,27)(H,29,30);1-2H3/t11-,12-,14+,15+,16-,17-;/m1./s1. The number of anilines is 1. The van der Waals surface area contributed by atoms with Gasteiger partial charge >= 0.3 is 5.97 Å². The van der Waals surface area contributed by atoms with Crippen molar-refractivity contribution in [2.75, 3.05) is 18.9 Å². The Morgan fingerprint density at radius 3 is 2.42 bits per heavy atom. The smallest absolute Gasteiger partial charge is 0.353 e. The minimum Gasteiger partial charge on any atom is -0.477 e. The predicted molar refractivity (Wildman–Crippen MR) is 128 cm³/mol. The van der Waals surface area contributed by atoms with E-state index in [-0.39, 0.29) is 40.8 Å². The number of aliphatic hydroxyl groups excluding tert-OH is 1. The molecule has 1 aromatic rings. The number of hydrogen-bond acceptors (Lipinski definition) is 6. The fourth-order valence-corrected chi connectivity index (χ4v) is 6.55. The number of rotatable bonds is 6. The molecular formula is C24H33N3O5S. The normalized spacial score (nSPS) is 29.7. The maximum absolute atomic E-state index is 12.8. The van der Waals surface area contributed by atoms with Crippen molar-refractivity contribution in [2.24, 2.45) is 11.8 Å². The Morgan fingerprint density at radius 2 is 1.85 bits per heavy atom. The Morgan fingerprint density at radius 1 is 1.21 bits per heavy atom. The molecule has 9 heteroatoms. The summed E-state index contributed by atoms with van der Waals surface area (Å²) >= 11 is 1.46. The topological polar surface area (TPSA) is 110 Å². The largest absolute Gasteiger partial charge is 0.477 e. The number of benzene rings is 1. The predicted octanol–water partition coefficient (Wildman–Crippen LogP) is 2.61. The van der Waals surface area contributed by atoms with Crippen molar-refractivity contribution < 1.29 is 24.6 Å². The number of aliphatic carboxylic acids is 1. The van der Waals surface area contributed by atoms with Gasteiger partial charge in [0.25, 0.3) is 0 Å². The fourth-order valence-electron chi connectivity index (χ4n) is 4.95. The number of amides is 2. The number of carboxylic acids is 1. The number of para-hydroxylation sites is 1. The van der Waals surface area contributed by atoms with E-state index in [2.05, 4.69) is 5.32 Å². The summed E-state index contributed by atoms with van der Waals surface area (Å²) < 4.78 is 0. The number of likely N-dealkylation sites (tertiary alicyclic amines) is 1. The lowest BCUT2D eigenvalue weighted by Crippen LogP contribution is -2.63. The Kier molecular flexibility index (Phi) is 7.87. The zero-order valence-electron chi connectivity index (χ0n) is 19.7. The average Bonchev–Trinajstić information content (AvgIpc) is 3.26. The van der Waals surface area contributed by atoms with Gasteiger partial charge in [-0.15, -0.1) is 11.8 Å². The molecule has 3 aliphatic heterocycles. The van der Waals surface area contributed by atoms with Crippen LogP contribution >= 0.6 is 11.8 Å². The molecule has 180 valence electrons. The first kappa shape index (κ1) is 25.3.